The molecule has 3 aromatic carbocycles. The number of hydrogen-bond donors (Lipinski definition) is 1. The summed E-state index contributed by atoms with van der Waals surface area (Å²) in [5.41, 5.74) is 8.01. The minimum Gasteiger partial charge on any atom is -0.489 e. The summed E-state index contributed by atoms with van der Waals surface area (Å²) in [7, 11) is 0. The molecule has 106 valence electrons. The minimum absolute atomic E-state index is 0.581. The van der Waals surface area contributed by atoms with Crippen LogP contribution in [0.2, 0.25) is 0 Å². The predicted molar refractivity (Wildman–Crippen MR) is 87.5 cm³/mol. The zero-order valence-electron chi connectivity index (χ0n) is 12.0. The first kappa shape index (κ1) is 13.7. The minimum atomic E-state index is 0.581. The molecular weight excluding hydrogens is 258 g/mol. The summed E-state index contributed by atoms with van der Waals surface area (Å²) >= 11 is 0. The molecule has 0 bridgehead atoms. The molecule has 0 aromatic heterocycles. The molecule has 0 fully saturated rings. The fraction of sp³-hybridized carbons (Fsp3) is 0.158. The van der Waals surface area contributed by atoms with Crippen molar-refractivity contribution in [2.24, 2.45) is 5.73 Å². The number of fused-ring (bicyclic) bond motifs is 1. The van der Waals surface area contributed by atoms with Gasteiger partial charge in [-0.2, -0.15) is 0 Å². The maximum Gasteiger partial charge on any atom is 0.119 e. The van der Waals surface area contributed by atoms with E-state index in [2.05, 4.69) is 54.6 Å². The van der Waals surface area contributed by atoms with Crippen LogP contribution in [0.3, 0.4) is 0 Å². The molecule has 2 N–H and O–H groups in total. The molecule has 0 spiro atoms. The zero-order valence-corrected chi connectivity index (χ0v) is 12.0. The molecule has 3 rings (SSSR count). The van der Waals surface area contributed by atoms with Crippen LogP contribution in [0.5, 0.6) is 5.75 Å². The van der Waals surface area contributed by atoms with Crippen molar-refractivity contribution in [1.29, 1.82) is 0 Å². The molecule has 3 aromatic rings. The van der Waals surface area contributed by atoms with E-state index in [0.29, 0.717) is 13.2 Å². The number of hydrogen-bond acceptors (Lipinski definition) is 2. The van der Waals surface area contributed by atoms with Crippen molar-refractivity contribution < 1.29 is 4.74 Å². The first-order valence-electron chi connectivity index (χ1n) is 7.25. The van der Waals surface area contributed by atoms with Crippen LogP contribution < -0.4 is 10.5 Å². The SMILES string of the molecule is NCCc1ccc(OCc2cccc3ccccc23)cc1. The van der Waals surface area contributed by atoms with E-state index in [9.17, 15) is 0 Å². The largest absolute Gasteiger partial charge is 0.489 e. The Balaban J connectivity index is 1.74. The highest BCUT2D eigenvalue weighted by Crippen LogP contribution is 2.21. The third-order valence-electron chi connectivity index (χ3n) is 3.63. The van der Waals surface area contributed by atoms with Crippen molar-refractivity contribution in [2.75, 3.05) is 6.54 Å². The second kappa shape index (κ2) is 6.42. The number of nitrogens with two attached hydrogens (primary N) is 1. The quantitative estimate of drug-likeness (QED) is 0.767. The van der Waals surface area contributed by atoms with E-state index in [1.54, 1.807) is 0 Å². The average molecular weight is 277 g/mol. The Morgan fingerprint density at radius 1 is 0.810 bits per heavy atom. The van der Waals surface area contributed by atoms with E-state index in [1.807, 2.05) is 12.1 Å². The lowest BCUT2D eigenvalue weighted by Crippen LogP contribution is -2.02. The molecule has 2 nitrogen and oxygen atoms in total. The molecule has 0 aliphatic heterocycles. The third kappa shape index (κ3) is 3.23. The molecule has 2 heteroatoms. The topological polar surface area (TPSA) is 35.2 Å². The van der Waals surface area contributed by atoms with Gasteiger partial charge < -0.3 is 10.5 Å². The summed E-state index contributed by atoms with van der Waals surface area (Å²) in [5, 5.41) is 2.50. The van der Waals surface area contributed by atoms with Crippen molar-refractivity contribution in [3.8, 4) is 5.75 Å². The van der Waals surface area contributed by atoms with Crippen LogP contribution in [-0.2, 0) is 13.0 Å². The van der Waals surface area contributed by atoms with Crippen molar-refractivity contribution >= 4 is 10.8 Å². The standard InChI is InChI=1S/C19H19NO/c20-13-12-15-8-10-18(11-9-15)21-14-17-6-3-5-16-4-1-2-7-19(16)17/h1-11H,12-14,20H2. The number of ether oxygens (including phenoxy) is 1. The molecule has 0 heterocycles. The van der Waals surface area contributed by atoms with E-state index in [1.165, 1.54) is 21.9 Å². The van der Waals surface area contributed by atoms with Crippen LogP contribution in [0.4, 0.5) is 0 Å². The Morgan fingerprint density at radius 2 is 1.57 bits per heavy atom. The van der Waals surface area contributed by atoms with Crippen LogP contribution in [0.15, 0.2) is 66.7 Å². The van der Waals surface area contributed by atoms with Crippen molar-refractivity contribution in [1.82, 2.24) is 0 Å². The first-order chi connectivity index (χ1) is 10.4. The molecular formula is C19H19NO. The molecule has 21 heavy (non-hydrogen) atoms. The van der Waals surface area contributed by atoms with Gasteiger partial charge in [-0.25, -0.2) is 0 Å². The lowest BCUT2D eigenvalue weighted by atomic mass is 10.1. The van der Waals surface area contributed by atoms with Crippen LogP contribution in [0.25, 0.3) is 10.8 Å². The van der Waals surface area contributed by atoms with Crippen LogP contribution in [0.1, 0.15) is 11.1 Å². The molecule has 0 amide bonds. The third-order valence-corrected chi connectivity index (χ3v) is 3.63. The maximum atomic E-state index is 5.90. The highest BCUT2D eigenvalue weighted by atomic mass is 16.5. The van der Waals surface area contributed by atoms with Crippen LogP contribution in [-0.4, -0.2) is 6.54 Å². The van der Waals surface area contributed by atoms with Crippen molar-refractivity contribution in [3.63, 3.8) is 0 Å². The smallest absolute Gasteiger partial charge is 0.119 e. The molecule has 0 unspecified atom stereocenters. The average Bonchev–Trinajstić information content (AvgIpc) is 2.54. The van der Waals surface area contributed by atoms with Gasteiger partial charge in [0.1, 0.15) is 12.4 Å². The summed E-state index contributed by atoms with van der Waals surface area (Å²) in [6.45, 7) is 1.26. The van der Waals surface area contributed by atoms with Gasteiger partial charge in [-0.05, 0) is 47.0 Å². The first-order valence-corrected chi connectivity index (χ1v) is 7.25. The molecule has 0 aliphatic rings. The maximum absolute atomic E-state index is 5.90. The normalized spacial score (nSPS) is 10.7. The van der Waals surface area contributed by atoms with E-state index in [-0.39, 0.29) is 0 Å². The lowest BCUT2D eigenvalue weighted by molar-refractivity contribution is 0.307. The van der Waals surface area contributed by atoms with E-state index in [0.717, 1.165) is 12.2 Å². The Labute approximate surface area is 125 Å². The van der Waals surface area contributed by atoms with Crippen molar-refractivity contribution in [2.45, 2.75) is 13.0 Å². The predicted octanol–water partition coefficient (Wildman–Crippen LogP) is 3.92. The second-order valence-electron chi connectivity index (χ2n) is 5.11. The zero-order chi connectivity index (χ0) is 14.5. The number of benzene rings is 3. The highest BCUT2D eigenvalue weighted by Gasteiger charge is 2.01. The Morgan fingerprint density at radius 3 is 2.38 bits per heavy atom. The molecule has 0 saturated heterocycles. The fourth-order valence-electron chi connectivity index (χ4n) is 2.50. The Bertz CT molecular complexity index is 714. The van der Waals surface area contributed by atoms with Gasteiger partial charge in [-0.1, -0.05) is 54.6 Å². The van der Waals surface area contributed by atoms with E-state index < -0.39 is 0 Å². The fourth-order valence-corrected chi connectivity index (χ4v) is 2.50. The Kier molecular flexibility index (Phi) is 4.17. The van der Waals surface area contributed by atoms with Gasteiger partial charge in [0.15, 0.2) is 0 Å². The summed E-state index contributed by atoms with van der Waals surface area (Å²) in [5.74, 6) is 0.892. The van der Waals surface area contributed by atoms with Crippen LogP contribution >= 0.6 is 0 Å². The summed E-state index contributed by atoms with van der Waals surface area (Å²) in [4.78, 5) is 0. The van der Waals surface area contributed by atoms with Gasteiger partial charge in [-0.3, -0.25) is 0 Å². The molecule has 0 radical (unpaired) electrons. The van der Waals surface area contributed by atoms with Gasteiger partial charge in [0.25, 0.3) is 0 Å². The van der Waals surface area contributed by atoms with Gasteiger partial charge in [0, 0.05) is 0 Å². The van der Waals surface area contributed by atoms with E-state index in [4.69, 9.17) is 10.5 Å². The molecule has 0 atom stereocenters. The summed E-state index contributed by atoms with van der Waals surface area (Å²) in [6, 6.07) is 22.9. The van der Waals surface area contributed by atoms with Gasteiger partial charge in [0.05, 0.1) is 0 Å². The highest BCUT2D eigenvalue weighted by molar-refractivity contribution is 5.85. The van der Waals surface area contributed by atoms with Crippen molar-refractivity contribution in [3.05, 3.63) is 77.9 Å². The number of rotatable bonds is 5. The summed E-state index contributed by atoms with van der Waals surface area (Å²) < 4.78 is 5.90. The summed E-state index contributed by atoms with van der Waals surface area (Å²) in [6.07, 6.45) is 0.906. The molecule has 0 saturated carbocycles. The monoisotopic (exact) mass is 277 g/mol. The lowest BCUT2D eigenvalue weighted by Gasteiger charge is -2.09. The molecule has 0 aliphatic carbocycles. The van der Waals surface area contributed by atoms with E-state index >= 15 is 0 Å². The Hall–Kier alpha value is -2.32. The second-order valence-corrected chi connectivity index (χ2v) is 5.11. The van der Waals surface area contributed by atoms with Gasteiger partial charge >= 0.3 is 0 Å². The van der Waals surface area contributed by atoms with Crippen LogP contribution in [0, 0.1) is 0 Å². The van der Waals surface area contributed by atoms with Gasteiger partial charge in [0.2, 0.25) is 0 Å². The van der Waals surface area contributed by atoms with Gasteiger partial charge in [-0.15, -0.1) is 0 Å².